The van der Waals surface area contributed by atoms with Crippen molar-refractivity contribution in [3.63, 3.8) is 0 Å². The van der Waals surface area contributed by atoms with Crippen molar-refractivity contribution in [2.24, 2.45) is 0 Å². The van der Waals surface area contributed by atoms with E-state index in [2.05, 4.69) is 6.92 Å². The average Bonchev–Trinajstić information content (AvgIpc) is 2.58. The van der Waals surface area contributed by atoms with Crippen LogP contribution in [0.4, 0.5) is 0 Å². The van der Waals surface area contributed by atoms with Gasteiger partial charge in [0.25, 0.3) is 0 Å². The van der Waals surface area contributed by atoms with Crippen LogP contribution in [-0.2, 0) is 9.53 Å². The molecule has 0 spiro atoms. The third-order valence-corrected chi connectivity index (χ3v) is 4.48. The molecule has 0 aromatic rings. The number of carbonyl (C=O) groups is 1. The van der Waals surface area contributed by atoms with Gasteiger partial charge in [0.1, 0.15) is 0 Å². The van der Waals surface area contributed by atoms with Crippen LogP contribution in [0.25, 0.3) is 0 Å². The number of ether oxygens (including phenoxy) is 1. The number of nitrogens with zero attached hydrogens (tertiary/aromatic N) is 1. The van der Waals surface area contributed by atoms with E-state index < -0.39 is 0 Å². The summed E-state index contributed by atoms with van der Waals surface area (Å²) in [4.78, 5) is 21.3. The Morgan fingerprint density at radius 3 is 1.72 bits per heavy atom. The van der Waals surface area contributed by atoms with Gasteiger partial charge in [0.2, 0.25) is 6.54 Å². The Hall–Kier alpha value is -1.13. The molecule has 0 N–H and O–H groups in total. The van der Waals surface area contributed by atoms with Gasteiger partial charge in [0, 0.05) is 17.8 Å². The zero-order valence-corrected chi connectivity index (χ0v) is 16.3. The van der Waals surface area contributed by atoms with E-state index in [0.29, 0.717) is 25.9 Å². The Labute approximate surface area is 154 Å². The Balaban J connectivity index is 3.14. The Morgan fingerprint density at radius 2 is 1.24 bits per heavy atom. The number of hydrogen-bond acceptors (Lipinski definition) is 4. The quantitative estimate of drug-likeness (QED) is 0.122. The topological polar surface area (TPSA) is 69.4 Å². The van der Waals surface area contributed by atoms with Crippen LogP contribution in [0.15, 0.2) is 0 Å². The van der Waals surface area contributed by atoms with E-state index in [1.807, 2.05) is 0 Å². The van der Waals surface area contributed by atoms with Crippen molar-refractivity contribution >= 4 is 5.97 Å². The molecule has 0 fully saturated rings. The molecule has 5 heteroatoms. The van der Waals surface area contributed by atoms with Gasteiger partial charge < -0.3 is 4.74 Å². The lowest BCUT2D eigenvalue weighted by Crippen LogP contribution is -2.07. The summed E-state index contributed by atoms with van der Waals surface area (Å²) in [5, 5.41) is 10.1. The highest BCUT2D eigenvalue weighted by Gasteiger charge is 2.03. The van der Waals surface area contributed by atoms with Gasteiger partial charge in [-0.15, -0.1) is 0 Å². The minimum atomic E-state index is -0.338. The molecule has 0 aromatic heterocycles. The molecule has 0 aliphatic carbocycles. The SMILES string of the molecule is CCCCCCCCCCCCCCCC(=O)OCCCC[N+](=O)[O-]. The average molecular weight is 358 g/mol. The van der Waals surface area contributed by atoms with Crippen LogP contribution in [0.3, 0.4) is 0 Å². The maximum absolute atomic E-state index is 11.5. The normalized spacial score (nSPS) is 10.8. The minimum absolute atomic E-state index is 0.0452. The zero-order chi connectivity index (χ0) is 18.6. The van der Waals surface area contributed by atoms with Gasteiger partial charge in [0.05, 0.1) is 6.61 Å². The molecule has 0 aromatic carbocycles. The third kappa shape index (κ3) is 20.8. The summed E-state index contributed by atoms with van der Waals surface area (Å²) in [5.41, 5.74) is 0. The van der Waals surface area contributed by atoms with Crippen molar-refractivity contribution < 1.29 is 14.5 Å². The summed E-state index contributed by atoms with van der Waals surface area (Å²) < 4.78 is 5.07. The molecule has 0 saturated heterocycles. The van der Waals surface area contributed by atoms with Crippen molar-refractivity contribution in [1.82, 2.24) is 0 Å². The second-order valence-electron chi connectivity index (χ2n) is 6.98. The fourth-order valence-electron chi connectivity index (χ4n) is 2.89. The second-order valence-corrected chi connectivity index (χ2v) is 6.98. The number of hydrogen-bond donors (Lipinski definition) is 0. The maximum Gasteiger partial charge on any atom is 0.305 e. The van der Waals surface area contributed by atoms with Crippen molar-refractivity contribution in [2.45, 2.75) is 110 Å². The van der Waals surface area contributed by atoms with Gasteiger partial charge in [-0.05, 0) is 12.8 Å². The van der Waals surface area contributed by atoms with Gasteiger partial charge >= 0.3 is 5.97 Å². The number of nitro groups is 1. The molecule has 5 nitrogen and oxygen atoms in total. The smallest absolute Gasteiger partial charge is 0.305 e. The van der Waals surface area contributed by atoms with Crippen LogP contribution >= 0.6 is 0 Å². The van der Waals surface area contributed by atoms with Crippen molar-refractivity contribution in [3.8, 4) is 0 Å². The van der Waals surface area contributed by atoms with Gasteiger partial charge in [-0.25, -0.2) is 0 Å². The van der Waals surface area contributed by atoms with Crippen molar-refractivity contribution in [1.29, 1.82) is 0 Å². The molecule has 0 unspecified atom stereocenters. The van der Waals surface area contributed by atoms with Crippen molar-refractivity contribution in [3.05, 3.63) is 10.1 Å². The molecule has 25 heavy (non-hydrogen) atoms. The van der Waals surface area contributed by atoms with Crippen molar-refractivity contribution in [2.75, 3.05) is 13.2 Å². The van der Waals surface area contributed by atoms with E-state index in [9.17, 15) is 14.9 Å². The first-order valence-corrected chi connectivity index (χ1v) is 10.4. The van der Waals surface area contributed by atoms with E-state index in [4.69, 9.17) is 4.74 Å². The minimum Gasteiger partial charge on any atom is -0.466 e. The fraction of sp³-hybridized carbons (Fsp3) is 0.950. The molecule has 0 radical (unpaired) electrons. The molecule has 0 aliphatic heterocycles. The Bertz CT molecular complexity index is 321. The first kappa shape index (κ1) is 23.9. The molecule has 148 valence electrons. The summed E-state index contributed by atoms with van der Waals surface area (Å²) in [6, 6.07) is 0. The van der Waals surface area contributed by atoms with Crippen LogP contribution < -0.4 is 0 Å². The molecule has 0 saturated carbocycles. The highest BCUT2D eigenvalue weighted by atomic mass is 16.6. The lowest BCUT2D eigenvalue weighted by atomic mass is 10.0. The number of carbonyl (C=O) groups excluding carboxylic acids is 1. The van der Waals surface area contributed by atoms with Gasteiger partial charge in [0.15, 0.2) is 0 Å². The molecule has 0 rings (SSSR count). The first-order valence-electron chi connectivity index (χ1n) is 10.4. The van der Waals surface area contributed by atoms with Crippen LogP contribution in [0.5, 0.6) is 0 Å². The molecule has 0 bridgehead atoms. The number of unbranched alkanes of at least 4 members (excludes halogenated alkanes) is 13. The largest absolute Gasteiger partial charge is 0.466 e. The summed E-state index contributed by atoms with van der Waals surface area (Å²) in [5.74, 6) is -0.163. The second kappa shape index (κ2) is 19.2. The van der Waals surface area contributed by atoms with Crippen LogP contribution in [0.2, 0.25) is 0 Å². The molecule has 0 atom stereocenters. The van der Waals surface area contributed by atoms with E-state index in [1.54, 1.807) is 0 Å². The van der Waals surface area contributed by atoms with Gasteiger partial charge in [-0.3, -0.25) is 14.9 Å². The molecular formula is C20H39NO4. The lowest BCUT2D eigenvalue weighted by Gasteiger charge is -2.04. The van der Waals surface area contributed by atoms with Gasteiger partial charge in [-0.2, -0.15) is 0 Å². The summed E-state index contributed by atoms with van der Waals surface area (Å²) in [6.07, 6.45) is 18.3. The van der Waals surface area contributed by atoms with E-state index in [0.717, 1.165) is 12.8 Å². The Kier molecular flexibility index (Phi) is 18.3. The molecule has 0 amide bonds. The molecular weight excluding hydrogens is 318 g/mol. The van der Waals surface area contributed by atoms with E-state index >= 15 is 0 Å². The molecule has 0 heterocycles. The first-order chi connectivity index (χ1) is 12.2. The van der Waals surface area contributed by atoms with E-state index in [1.165, 1.54) is 70.6 Å². The summed E-state index contributed by atoms with van der Waals surface area (Å²) in [7, 11) is 0. The monoisotopic (exact) mass is 357 g/mol. The van der Waals surface area contributed by atoms with Crippen LogP contribution in [0.1, 0.15) is 110 Å². The van der Waals surface area contributed by atoms with Gasteiger partial charge in [-0.1, -0.05) is 84.0 Å². The fourth-order valence-corrected chi connectivity index (χ4v) is 2.89. The predicted octanol–water partition coefficient (Wildman–Crippen LogP) is 6.07. The predicted molar refractivity (Wildman–Crippen MR) is 102 cm³/mol. The van der Waals surface area contributed by atoms with Crippen LogP contribution in [-0.4, -0.2) is 24.0 Å². The zero-order valence-electron chi connectivity index (χ0n) is 16.3. The third-order valence-electron chi connectivity index (χ3n) is 4.48. The summed E-state index contributed by atoms with van der Waals surface area (Å²) >= 11 is 0. The summed E-state index contributed by atoms with van der Waals surface area (Å²) in [6.45, 7) is 2.52. The number of esters is 1. The van der Waals surface area contributed by atoms with Crippen LogP contribution in [0, 0.1) is 10.1 Å². The lowest BCUT2D eigenvalue weighted by molar-refractivity contribution is -0.480. The maximum atomic E-state index is 11.5. The Morgan fingerprint density at radius 1 is 0.760 bits per heavy atom. The molecule has 0 aliphatic rings. The number of rotatable bonds is 19. The standard InChI is InChI=1S/C20H39NO4/c1-2-3-4-5-6-7-8-9-10-11-12-13-14-17-20(22)25-19-16-15-18-21(23)24/h2-19H2,1H3. The van der Waals surface area contributed by atoms with E-state index in [-0.39, 0.29) is 17.4 Å². The highest BCUT2D eigenvalue weighted by molar-refractivity contribution is 5.69. The highest BCUT2D eigenvalue weighted by Crippen LogP contribution is 2.13.